The van der Waals surface area contributed by atoms with E-state index in [1.165, 1.54) is 0 Å². The largest absolute Gasteiger partial charge is 0.461 e. The molecule has 0 aromatic heterocycles. The normalized spacial score (nSPS) is 53.5. The number of rotatable bonds is 4. The fraction of sp³-hybridized carbons (Fsp3) is 0.905. The summed E-state index contributed by atoms with van der Waals surface area (Å²) in [6.45, 7) is 3.37. The zero-order valence-corrected chi connectivity index (χ0v) is 17.3. The Bertz CT molecular complexity index is 669. The molecule has 2 aliphatic heterocycles. The standard InChI is InChI=1S/C21H32O9/c1-9-11-5-6-21(2)13(4-3-10(7-22)14(21)18(11)30-19(9)27)29-20-17(26)16(25)15(24)12(8-23)28-20/h7,9-18,20,23-26H,3-6,8H2,1-2H3/t9-,10-,11-,12+,13+,14+,15+,16-,17+,18-,20+,21-/m0/s1. The van der Waals surface area contributed by atoms with E-state index < -0.39 is 48.8 Å². The Balaban J connectivity index is 1.58. The van der Waals surface area contributed by atoms with Gasteiger partial charge in [-0.1, -0.05) is 13.8 Å². The maximum absolute atomic E-state index is 12.2. The van der Waals surface area contributed by atoms with Crippen molar-refractivity contribution in [3.8, 4) is 0 Å². The van der Waals surface area contributed by atoms with E-state index in [2.05, 4.69) is 0 Å². The van der Waals surface area contributed by atoms with Crippen molar-refractivity contribution in [2.75, 3.05) is 6.61 Å². The summed E-state index contributed by atoms with van der Waals surface area (Å²) in [7, 11) is 0. The summed E-state index contributed by atoms with van der Waals surface area (Å²) >= 11 is 0. The van der Waals surface area contributed by atoms with Crippen LogP contribution in [0.3, 0.4) is 0 Å². The first-order chi connectivity index (χ1) is 14.2. The summed E-state index contributed by atoms with van der Waals surface area (Å²) in [5.74, 6) is -0.805. The molecule has 0 spiro atoms. The van der Waals surface area contributed by atoms with Crippen LogP contribution in [0.15, 0.2) is 0 Å². The highest BCUT2D eigenvalue weighted by atomic mass is 16.7. The number of carbonyl (C=O) groups is 2. The Morgan fingerprint density at radius 1 is 1.17 bits per heavy atom. The molecular formula is C21H32O9. The summed E-state index contributed by atoms with van der Waals surface area (Å²) in [5.41, 5.74) is -0.492. The molecule has 0 unspecified atom stereocenters. The Morgan fingerprint density at radius 3 is 2.57 bits per heavy atom. The molecule has 170 valence electrons. The maximum Gasteiger partial charge on any atom is 0.309 e. The van der Waals surface area contributed by atoms with Gasteiger partial charge in [0.05, 0.1) is 18.6 Å². The third kappa shape index (κ3) is 3.30. The summed E-state index contributed by atoms with van der Waals surface area (Å²) < 4.78 is 17.4. The van der Waals surface area contributed by atoms with E-state index in [-0.39, 0.29) is 35.7 Å². The van der Waals surface area contributed by atoms with Gasteiger partial charge in [-0.3, -0.25) is 4.79 Å². The first-order valence-electron chi connectivity index (χ1n) is 10.8. The van der Waals surface area contributed by atoms with Gasteiger partial charge >= 0.3 is 5.97 Å². The van der Waals surface area contributed by atoms with E-state index in [1.807, 2.05) is 13.8 Å². The van der Waals surface area contributed by atoms with Gasteiger partial charge in [-0.15, -0.1) is 0 Å². The number of aliphatic hydroxyl groups excluding tert-OH is 4. The number of carbonyl (C=O) groups excluding carboxylic acids is 2. The monoisotopic (exact) mass is 428 g/mol. The molecule has 0 radical (unpaired) electrons. The quantitative estimate of drug-likeness (QED) is 0.340. The van der Waals surface area contributed by atoms with Crippen LogP contribution in [0, 0.1) is 29.1 Å². The molecule has 4 rings (SSSR count). The van der Waals surface area contributed by atoms with Crippen LogP contribution in [0.5, 0.6) is 0 Å². The number of hydrogen-bond donors (Lipinski definition) is 4. The molecule has 4 fully saturated rings. The van der Waals surface area contributed by atoms with Crippen molar-refractivity contribution in [2.45, 2.75) is 82.4 Å². The molecule has 0 aromatic carbocycles. The Morgan fingerprint density at radius 2 is 1.90 bits per heavy atom. The Labute approximate surface area is 175 Å². The number of hydrogen-bond acceptors (Lipinski definition) is 9. The fourth-order valence-corrected chi connectivity index (χ4v) is 6.24. The van der Waals surface area contributed by atoms with Crippen LogP contribution >= 0.6 is 0 Å². The predicted molar refractivity (Wildman–Crippen MR) is 101 cm³/mol. The number of fused-ring (bicyclic) bond motifs is 3. The third-order valence-electron chi connectivity index (χ3n) is 8.10. The summed E-state index contributed by atoms with van der Waals surface area (Å²) in [6.07, 6.45) is -3.91. The molecule has 4 N–H and O–H groups in total. The maximum atomic E-state index is 12.2. The van der Waals surface area contributed by atoms with Crippen LogP contribution in [0.4, 0.5) is 0 Å². The molecule has 2 heterocycles. The molecule has 30 heavy (non-hydrogen) atoms. The SMILES string of the molecule is C[C@@H]1C(=O)O[C@H]2[C@H]1CC[C@]1(C)[C@@H]2[C@H](C=O)CC[C@H]1O[C@H]1O[C@H](CO)[C@@H](O)[C@H](O)[C@H]1O. The lowest BCUT2D eigenvalue weighted by molar-refractivity contribution is -0.328. The van der Waals surface area contributed by atoms with Gasteiger partial charge in [-0.2, -0.15) is 0 Å². The van der Waals surface area contributed by atoms with Gasteiger partial charge in [0.1, 0.15) is 36.8 Å². The van der Waals surface area contributed by atoms with E-state index in [0.29, 0.717) is 12.8 Å². The molecule has 2 saturated heterocycles. The van der Waals surface area contributed by atoms with Crippen molar-refractivity contribution in [3.63, 3.8) is 0 Å². The topological polar surface area (TPSA) is 143 Å². The van der Waals surface area contributed by atoms with E-state index in [0.717, 1.165) is 19.1 Å². The number of aldehydes is 1. The predicted octanol–water partition coefficient (Wildman–Crippen LogP) is -0.626. The van der Waals surface area contributed by atoms with Gasteiger partial charge in [-0.25, -0.2) is 0 Å². The van der Waals surface area contributed by atoms with Gasteiger partial charge in [0.25, 0.3) is 0 Å². The molecular weight excluding hydrogens is 396 g/mol. The molecule has 12 atom stereocenters. The molecule has 9 heteroatoms. The average molecular weight is 428 g/mol. The lowest BCUT2D eigenvalue weighted by Crippen LogP contribution is -2.62. The smallest absolute Gasteiger partial charge is 0.309 e. The van der Waals surface area contributed by atoms with Crippen LogP contribution in [0.2, 0.25) is 0 Å². The van der Waals surface area contributed by atoms with Crippen molar-refractivity contribution in [2.24, 2.45) is 29.1 Å². The van der Waals surface area contributed by atoms with Crippen LogP contribution in [-0.4, -0.2) is 82.2 Å². The molecule has 0 bridgehead atoms. The van der Waals surface area contributed by atoms with E-state index >= 15 is 0 Å². The van der Waals surface area contributed by atoms with Crippen molar-refractivity contribution in [1.29, 1.82) is 0 Å². The second-order valence-electron chi connectivity index (χ2n) is 9.62. The fourth-order valence-electron chi connectivity index (χ4n) is 6.24. The molecule has 4 aliphatic rings. The zero-order chi connectivity index (χ0) is 21.8. The van der Waals surface area contributed by atoms with Crippen molar-refractivity contribution < 1.29 is 44.2 Å². The number of aliphatic hydroxyl groups is 4. The van der Waals surface area contributed by atoms with Crippen LogP contribution in [0.25, 0.3) is 0 Å². The minimum Gasteiger partial charge on any atom is -0.461 e. The van der Waals surface area contributed by atoms with Crippen molar-refractivity contribution >= 4 is 12.3 Å². The minimum atomic E-state index is -1.51. The van der Waals surface area contributed by atoms with Crippen LogP contribution < -0.4 is 0 Å². The van der Waals surface area contributed by atoms with E-state index in [9.17, 15) is 30.0 Å². The third-order valence-corrected chi connectivity index (χ3v) is 8.10. The summed E-state index contributed by atoms with van der Waals surface area (Å²) in [5, 5.41) is 39.9. The highest BCUT2D eigenvalue weighted by molar-refractivity contribution is 5.75. The van der Waals surface area contributed by atoms with Gasteiger partial charge in [-0.05, 0) is 25.7 Å². The molecule has 0 amide bonds. The lowest BCUT2D eigenvalue weighted by Gasteiger charge is -2.56. The average Bonchev–Trinajstić information content (AvgIpc) is 3.02. The van der Waals surface area contributed by atoms with Crippen LogP contribution in [-0.2, 0) is 23.8 Å². The lowest BCUT2D eigenvalue weighted by atomic mass is 9.52. The second-order valence-corrected chi connectivity index (χ2v) is 9.62. The zero-order valence-electron chi connectivity index (χ0n) is 17.3. The Hall–Kier alpha value is -1.10. The van der Waals surface area contributed by atoms with Gasteiger partial charge in [0.15, 0.2) is 6.29 Å². The first kappa shape index (κ1) is 22.1. The molecule has 9 nitrogen and oxygen atoms in total. The highest BCUT2D eigenvalue weighted by Crippen LogP contribution is 2.58. The van der Waals surface area contributed by atoms with E-state index in [4.69, 9.17) is 14.2 Å². The molecule has 0 aromatic rings. The van der Waals surface area contributed by atoms with Crippen molar-refractivity contribution in [3.05, 3.63) is 0 Å². The number of esters is 1. The van der Waals surface area contributed by atoms with Gasteiger partial charge in [0, 0.05) is 23.2 Å². The highest BCUT2D eigenvalue weighted by Gasteiger charge is 2.61. The van der Waals surface area contributed by atoms with Gasteiger partial charge < -0.3 is 39.4 Å². The van der Waals surface area contributed by atoms with Crippen molar-refractivity contribution in [1.82, 2.24) is 0 Å². The van der Waals surface area contributed by atoms with Gasteiger partial charge in [0.2, 0.25) is 0 Å². The first-order valence-corrected chi connectivity index (χ1v) is 10.8. The minimum absolute atomic E-state index is 0.0732. The Kier molecular flexibility index (Phi) is 5.97. The summed E-state index contributed by atoms with van der Waals surface area (Å²) in [6, 6.07) is 0. The van der Waals surface area contributed by atoms with E-state index in [1.54, 1.807) is 0 Å². The number of ether oxygens (including phenoxy) is 3. The summed E-state index contributed by atoms with van der Waals surface area (Å²) in [4.78, 5) is 24.1. The molecule has 2 saturated carbocycles. The molecule has 2 aliphatic carbocycles. The second kappa shape index (κ2) is 8.11. The van der Waals surface area contributed by atoms with Crippen LogP contribution in [0.1, 0.15) is 39.5 Å².